The Hall–Kier alpha value is -6.06. The maximum absolute atomic E-state index is 13.1. The second kappa shape index (κ2) is 36.8. The summed E-state index contributed by atoms with van der Waals surface area (Å²) >= 11 is 27.9. The summed E-state index contributed by atoms with van der Waals surface area (Å²) in [7, 11) is 5.09. The van der Waals surface area contributed by atoms with Crippen LogP contribution in [0.15, 0.2) is 129 Å². The van der Waals surface area contributed by atoms with Crippen molar-refractivity contribution in [2.24, 2.45) is 0 Å². The molecule has 90 heavy (non-hydrogen) atoms. The first-order chi connectivity index (χ1) is 42.3. The summed E-state index contributed by atoms with van der Waals surface area (Å²) in [6.07, 6.45) is 6.72. The first kappa shape index (κ1) is 76.4. The second-order valence-corrected chi connectivity index (χ2v) is 29.4. The van der Waals surface area contributed by atoms with Crippen molar-refractivity contribution in [1.29, 1.82) is 0 Å². The SMILES string of the molecule is C.CCO.CN(C)CCO.CN(C)CCOc1ncc(CN(C)C(=O)c2ccc3c(c2)NC(=O)c2ccccc2S3(=O)=O)s1.CN(Cc1cnc(Cl)s1)C(=O)c1ccc2c(c1)NC(=O)c1ccccc1S2(=O)=O.CNCc1cnc(Cl)s1.ClCc1cnc(Cl)s1. The molecule has 0 unspecified atom stereocenters. The number of halogens is 4. The van der Waals surface area contributed by atoms with Gasteiger partial charge in [-0.3, -0.25) is 19.2 Å². The zero-order valence-electron chi connectivity index (χ0n) is 49.4. The summed E-state index contributed by atoms with van der Waals surface area (Å²) in [5.74, 6) is -1.22. The van der Waals surface area contributed by atoms with E-state index in [9.17, 15) is 36.0 Å². The van der Waals surface area contributed by atoms with Crippen LogP contribution in [0.5, 0.6) is 5.19 Å². The van der Waals surface area contributed by atoms with E-state index in [2.05, 4.69) is 35.9 Å². The number of aliphatic hydroxyl groups is 2. The van der Waals surface area contributed by atoms with E-state index in [0.29, 0.717) is 44.2 Å². The van der Waals surface area contributed by atoms with E-state index < -0.39 is 31.5 Å². The van der Waals surface area contributed by atoms with Gasteiger partial charge in [0.15, 0.2) is 13.4 Å². The van der Waals surface area contributed by atoms with Gasteiger partial charge < -0.3 is 50.5 Å². The number of amides is 4. The lowest BCUT2D eigenvalue weighted by Crippen LogP contribution is -2.26. The number of hydrogen-bond acceptors (Lipinski definition) is 22. The molecular weight excluding hydrogens is 1360 g/mol. The van der Waals surface area contributed by atoms with Gasteiger partial charge in [0, 0.05) is 95.8 Å². The minimum atomic E-state index is -3.92. The molecule has 0 aliphatic carbocycles. The predicted octanol–water partition coefficient (Wildman–Crippen LogP) is 10.4. The summed E-state index contributed by atoms with van der Waals surface area (Å²) in [5, 5.41) is 24.6. The van der Waals surface area contributed by atoms with Gasteiger partial charge in [-0.25, -0.2) is 36.8 Å². The van der Waals surface area contributed by atoms with Gasteiger partial charge in [0.2, 0.25) is 19.7 Å². The van der Waals surface area contributed by atoms with Crippen LogP contribution in [0.4, 0.5) is 11.4 Å². The standard InChI is InChI=1S/C23H24N4O5S2.C19H14ClN3O4S2.C5H7ClN2S.C4H3Cl2NS.C4H11NO.C2H6O.CH4/c1-26(2)10-11-32-23-24-13-16(33-23)14-27(3)22(29)15-8-9-20-18(12-15)25-21(28)17-6-4-5-7-19(17)34(20,30)31;1-23(10-12-9-21-19(20)28-12)18(25)11-6-7-16-14(8-11)22-17(24)13-4-2-3-5-15(13)29(16,26)27;1-7-2-4-3-8-5(6)9-4;5-1-3-2-7-4(6)8-3;1-5(2)3-4-6;1-2-3;/h4-9,12-13H,10-11,14H2,1-3H3,(H,25,28);2-9H,10H2,1H3,(H,22,24);3,7H,2H2,1H3;2H,1H2;6H,3-4H2,1-2H3;3H,2H2,1H3;1H4. The van der Waals surface area contributed by atoms with Crippen LogP contribution in [-0.4, -0.2) is 172 Å². The fourth-order valence-corrected chi connectivity index (χ4v) is 14.7. The number of aromatic nitrogens is 4. The molecule has 0 saturated heterocycles. The number of aliphatic hydroxyl groups excluding tert-OH is 2. The van der Waals surface area contributed by atoms with Gasteiger partial charge in [-0.1, -0.05) is 77.8 Å². The Kier molecular flexibility index (Phi) is 31.3. The molecule has 6 heterocycles. The molecule has 0 atom stereocenters. The lowest BCUT2D eigenvalue weighted by atomic mass is 10.1. The number of likely N-dealkylation sites (N-methyl/N-ethyl adjacent to an activating group) is 2. The highest BCUT2D eigenvalue weighted by Gasteiger charge is 2.33. The van der Waals surface area contributed by atoms with Crippen LogP contribution in [-0.2, 0) is 45.2 Å². The third kappa shape index (κ3) is 22.1. The number of benzene rings is 4. The maximum Gasteiger partial charge on any atom is 0.273 e. The van der Waals surface area contributed by atoms with Crippen molar-refractivity contribution in [1.82, 2.24) is 44.9 Å². The Labute approximate surface area is 560 Å². The van der Waals surface area contributed by atoms with Crippen LogP contribution in [0, 0.1) is 0 Å². The molecule has 5 N–H and O–H groups in total. The fraction of sp³-hybridized carbons (Fsp3) is 0.310. The Morgan fingerprint density at radius 3 is 1.36 bits per heavy atom. The molecule has 486 valence electrons. The lowest BCUT2D eigenvalue weighted by molar-refractivity contribution is 0.0779. The zero-order chi connectivity index (χ0) is 65.6. The van der Waals surface area contributed by atoms with Crippen LogP contribution in [0.2, 0.25) is 13.4 Å². The third-order valence-electron chi connectivity index (χ3n) is 11.8. The minimum Gasteiger partial charge on any atom is -0.469 e. The number of fused-ring (bicyclic) bond motifs is 4. The number of sulfone groups is 2. The van der Waals surface area contributed by atoms with Crippen molar-refractivity contribution in [3.63, 3.8) is 0 Å². The number of carbonyl (C=O) groups is 4. The van der Waals surface area contributed by atoms with Gasteiger partial charge in [-0.2, -0.15) is 0 Å². The van der Waals surface area contributed by atoms with Gasteiger partial charge in [-0.15, -0.1) is 45.6 Å². The van der Waals surface area contributed by atoms with Crippen molar-refractivity contribution in [3.8, 4) is 5.19 Å². The quantitative estimate of drug-likeness (QED) is 0.0596. The fourth-order valence-electron chi connectivity index (χ4n) is 7.62. The molecule has 4 aromatic heterocycles. The van der Waals surface area contributed by atoms with Crippen molar-refractivity contribution < 1.29 is 51.0 Å². The monoisotopic (exact) mass is 1430 g/mol. The summed E-state index contributed by atoms with van der Waals surface area (Å²) in [6.45, 7) is 5.69. The molecule has 32 heteroatoms. The van der Waals surface area contributed by atoms with E-state index in [4.69, 9.17) is 61.4 Å². The molecule has 0 radical (unpaired) electrons. The topological polar surface area (TPSA) is 287 Å². The van der Waals surface area contributed by atoms with Gasteiger partial charge in [0.1, 0.15) is 6.61 Å². The first-order valence-electron chi connectivity index (χ1n) is 26.5. The number of hydrogen-bond donors (Lipinski definition) is 5. The second-order valence-electron chi connectivity index (χ2n) is 19.1. The van der Waals surface area contributed by atoms with Crippen molar-refractivity contribution in [2.75, 3.05) is 92.9 Å². The number of rotatable bonds is 15. The molecular formula is C58H69Cl4N11O11S6. The van der Waals surface area contributed by atoms with Gasteiger partial charge in [0.05, 0.1) is 67.7 Å². The van der Waals surface area contributed by atoms with Crippen LogP contribution in [0.3, 0.4) is 0 Å². The average Bonchev–Trinajstić information content (AvgIpc) is 2.23. The molecule has 22 nitrogen and oxygen atoms in total. The van der Waals surface area contributed by atoms with Crippen molar-refractivity contribution in [3.05, 3.63) is 165 Å². The summed E-state index contributed by atoms with van der Waals surface area (Å²) in [5.41, 5.74) is 0.798. The molecule has 8 aromatic rings. The van der Waals surface area contributed by atoms with Crippen LogP contribution >= 0.6 is 91.8 Å². The summed E-state index contributed by atoms with van der Waals surface area (Å²) in [6, 6.07) is 20.4. The van der Waals surface area contributed by atoms with E-state index in [1.807, 2.05) is 45.0 Å². The number of anilines is 2. The number of nitrogens with one attached hydrogen (secondary N) is 3. The average molecular weight is 1430 g/mol. The lowest BCUT2D eigenvalue weighted by Gasteiger charge is -2.17. The zero-order valence-corrected chi connectivity index (χ0v) is 57.3. The molecule has 2 aliphatic rings. The van der Waals surface area contributed by atoms with Crippen molar-refractivity contribution in [2.45, 2.75) is 59.4 Å². The summed E-state index contributed by atoms with van der Waals surface area (Å²) in [4.78, 5) is 77.4. The smallest absolute Gasteiger partial charge is 0.273 e. The number of nitrogens with zero attached hydrogens (tertiary/aromatic N) is 8. The Balaban J connectivity index is 0.000000275. The molecule has 0 fully saturated rings. The van der Waals surface area contributed by atoms with Gasteiger partial charge in [-0.05, 0) is 103 Å². The molecule has 0 bridgehead atoms. The molecule has 0 saturated carbocycles. The maximum atomic E-state index is 13.1. The highest BCUT2D eigenvalue weighted by molar-refractivity contribution is 7.92. The van der Waals surface area contributed by atoms with E-state index in [-0.39, 0.29) is 85.7 Å². The largest absolute Gasteiger partial charge is 0.469 e. The highest BCUT2D eigenvalue weighted by Crippen LogP contribution is 2.36. The molecule has 10 rings (SSSR count). The highest BCUT2D eigenvalue weighted by atomic mass is 35.5. The van der Waals surface area contributed by atoms with Gasteiger partial charge >= 0.3 is 0 Å². The Morgan fingerprint density at radius 1 is 0.589 bits per heavy atom. The first-order valence-corrected chi connectivity index (χ1v) is 34.4. The number of ether oxygens (including phenoxy) is 1. The van der Waals surface area contributed by atoms with Crippen molar-refractivity contribution >= 4 is 146 Å². The van der Waals surface area contributed by atoms with Crippen LogP contribution in [0.25, 0.3) is 0 Å². The number of carbonyl (C=O) groups excluding carboxylic acids is 4. The van der Waals surface area contributed by atoms with Crippen LogP contribution in [0.1, 0.15) is 75.3 Å². The molecule has 4 aromatic carbocycles. The van der Waals surface area contributed by atoms with E-state index in [1.54, 1.807) is 70.1 Å². The number of alkyl halides is 1. The normalized spacial score (nSPS) is 12.7. The van der Waals surface area contributed by atoms with Crippen LogP contribution < -0.4 is 20.7 Å². The van der Waals surface area contributed by atoms with Gasteiger partial charge in [0.25, 0.3) is 28.8 Å². The molecule has 0 spiro atoms. The third-order valence-corrected chi connectivity index (χ3v) is 20.2. The van der Waals surface area contributed by atoms with E-state index >= 15 is 0 Å². The number of thiazole rings is 4. The molecule has 2 aliphatic heterocycles. The van der Waals surface area contributed by atoms with E-state index in [1.165, 1.54) is 121 Å². The predicted molar refractivity (Wildman–Crippen MR) is 359 cm³/mol. The summed E-state index contributed by atoms with van der Waals surface area (Å²) < 4.78 is 59.5. The van der Waals surface area contributed by atoms with E-state index in [0.717, 1.165) is 34.3 Å². The Morgan fingerprint density at radius 2 is 0.989 bits per heavy atom. The molecule has 4 amide bonds. The Bertz CT molecular complexity index is 3900. The minimum absolute atomic E-state index is 0.